The highest BCUT2D eigenvalue weighted by molar-refractivity contribution is 5.72. The number of pyridine rings is 1. The fraction of sp³-hybridized carbons (Fsp3) is 0.273. The second kappa shape index (κ2) is 5.76. The zero-order valence-corrected chi connectivity index (χ0v) is 9.93. The van der Waals surface area contributed by atoms with Gasteiger partial charge in [-0.25, -0.2) is 0 Å². The summed E-state index contributed by atoms with van der Waals surface area (Å²) in [7, 11) is 1.27. The minimum absolute atomic E-state index is 0.0584. The van der Waals surface area contributed by atoms with Crippen molar-refractivity contribution in [1.82, 2.24) is 4.98 Å². The van der Waals surface area contributed by atoms with Crippen LogP contribution in [0.4, 0.5) is 5.69 Å². The van der Waals surface area contributed by atoms with E-state index in [1.807, 2.05) is 0 Å². The molecule has 0 aliphatic carbocycles. The Morgan fingerprint density at radius 1 is 1.61 bits per heavy atom. The van der Waals surface area contributed by atoms with Crippen molar-refractivity contribution >= 4 is 17.7 Å². The number of H-pyrrole nitrogens is 1. The third-order valence-electron chi connectivity index (χ3n) is 2.35. The van der Waals surface area contributed by atoms with Gasteiger partial charge in [0.2, 0.25) is 0 Å². The molecule has 0 bridgehead atoms. The van der Waals surface area contributed by atoms with E-state index in [1.165, 1.54) is 32.4 Å². The molecule has 0 spiro atoms. The number of methoxy groups -OCH3 is 1. The van der Waals surface area contributed by atoms with Crippen molar-refractivity contribution in [2.24, 2.45) is 0 Å². The first kappa shape index (κ1) is 13.6. The maximum Gasteiger partial charge on any atom is 0.337 e. The number of nitrogens with zero attached hydrogens (tertiary/aromatic N) is 1. The number of hydrogen-bond donors (Lipinski definition) is 1. The smallest absolute Gasteiger partial charge is 0.337 e. The van der Waals surface area contributed by atoms with Crippen molar-refractivity contribution in [3.63, 3.8) is 0 Å². The number of nitrogens with one attached hydrogen (secondary N) is 1. The molecule has 0 radical (unpaired) electrons. The van der Waals surface area contributed by atoms with Gasteiger partial charge in [0, 0.05) is 17.3 Å². The third kappa shape index (κ3) is 3.03. The van der Waals surface area contributed by atoms with Crippen LogP contribution in [0.1, 0.15) is 17.5 Å². The van der Waals surface area contributed by atoms with E-state index in [0.717, 1.165) is 0 Å². The fourth-order valence-corrected chi connectivity index (χ4v) is 1.39. The van der Waals surface area contributed by atoms with E-state index in [1.54, 1.807) is 0 Å². The molecule has 0 saturated heterocycles. The summed E-state index contributed by atoms with van der Waals surface area (Å²) >= 11 is 0. The van der Waals surface area contributed by atoms with Crippen molar-refractivity contribution < 1.29 is 14.5 Å². The van der Waals surface area contributed by atoms with Crippen molar-refractivity contribution in [1.29, 1.82) is 0 Å². The Labute approximate surface area is 102 Å². The predicted molar refractivity (Wildman–Crippen MR) is 64.1 cm³/mol. The van der Waals surface area contributed by atoms with Crippen LogP contribution in [0.3, 0.4) is 0 Å². The normalized spacial score (nSPS) is 10.6. The fourth-order valence-electron chi connectivity index (χ4n) is 1.39. The highest BCUT2D eigenvalue weighted by atomic mass is 16.6. The molecule has 0 aliphatic rings. The molecule has 0 unspecified atom stereocenters. The van der Waals surface area contributed by atoms with Crippen molar-refractivity contribution in [3.8, 4) is 0 Å². The van der Waals surface area contributed by atoms with Crippen LogP contribution in [0.2, 0.25) is 0 Å². The Hall–Kier alpha value is -2.44. The highest BCUT2D eigenvalue weighted by Gasteiger charge is 2.17. The van der Waals surface area contributed by atoms with Crippen molar-refractivity contribution in [2.45, 2.75) is 13.3 Å². The molecule has 0 atom stereocenters. The van der Waals surface area contributed by atoms with E-state index < -0.39 is 22.1 Å². The molecule has 0 saturated carbocycles. The van der Waals surface area contributed by atoms with Crippen LogP contribution in [0.5, 0.6) is 0 Å². The average molecular weight is 252 g/mol. The van der Waals surface area contributed by atoms with E-state index >= 15 is 0 Å². The first-order valence-corrected chi connectivity index (χ1v) is 5.07. The molecule has 0 aliphatic heterocycles. The largest absolute Gasteiger partial charge is 0.469 e. The van der Waals surface area contributed by atoms with Gasteiger partial charge in [-0.1, -0.05) is 12.2 Å². The number of hydrogen-bond acceptors (Lipinski definition) is 5. The third-order valence-corrected chi connectivity index (χ3v) is 2.35. The number of aromatic nitrogens is 1. The van der Waals surface area contributed by atoms with E-state index in [9.17, 15) is 19.7 Å². The minimum atomic E-state index is -0.748. The quantitative estimate of drug-likeness (QED) is 0.492. The first-order chi connectivity index (χ1) is 8.47. The Bertz CT molecular complexity index is 559. The zero-order valence-electron chi connectivity index (χ0n) is 9.93. The zero-order chi connectivity index (χ0) is 13.7. The molecule has 1 N–H and O–H groups in total. The van der Waals surface area contributed by atoms with Crippen LogP contribution in [0.25, 0.3) is 6.08 Å². The number of rotatable bonds is 4. The lowest BCUT2D eigenvalue weighted by Crippen LogP contribution is -2.13. The van der Waals surface area contributed by atoms with Gasteiger partial charge < -0.3 is 9.72 Å². The van der Waals surface area contributed by atoms with Gasteiger partial charge in [0.1, 0.15) is 0 Å². The maximum absolute atomic E-state index is 11.3. The maximum atomic E-state index is 11.3. The standard InChI is InChI=1S/C11H12N2O5/c1-7-8(4-3-5-9(14)18-2)6-12-11(15)10(7)13(16)17/h3-4,6H,5H2,1-2H3,(H,12,15). The van der Waals surface area contributed by atoms with Crippen molar-refractivity contribution in [3.05, 3.63) is 43.9 Å². The summed E-state index contributed by atoms with van der Waals surface area (Å²) in [4.78, 5) is 34.4. The number of esters is 1. The topological polar surface area (TPSA) is 102 Å². The molecule has 1 aromatic rings. The molecule has 1 aromatic heterocycles. The number of carbonyl (C=O) groups excluding carboxylic acids is 1. The van der Waals surface area contributed by atoms with Crippen LogP contribution in [0, 0.1) is 17.0 Å². The van der Waals surface area contributed by atoms with Crippen molar-refractivity contribution in [2.75, 3.05) is 7.11 Å². The summed E-state index contributed by atoms with van der Waals surface area (Å²) < 4.78 is 4.44. The number of ether oxygens (including phenoxy) is 1. The number of nitro groups is 1. The summed E-state index contributed by atoms with van der Waals surface area (Å²) in [5.41, 5.74) is -0.507. The molecule has 1 rings (SSSR count). The highest BCUT2D eigenvalue weighted by Crippen LogP contribution is 2.17. The Balaban J connectivity index is 3.05. The monoisotopic (exact) mass is 252 g/mol. The lowest BCUT2D eigenvalue weighted by molar-refractivity contribution is -0.386. The van der Waals surface area contributed by atoms with Gasteiger partial charge in [0.15, 0.2) is 0 Å². The average Bonchev–Trinajstić information content (AvgIpc) is 2.31. The summed E-state index contributed by atoms with van der Waals surface area (Å²) in [6.45, 7) is 1.48. The van der Waals surface area contributed by atoms with E-state index in [2.05, 4.69) is 9.72 Å². The lowest BCUT2D eigenvalue weighted by atomic mass is 10.1. The summed E-state index contributed by atoms with van der Waals surface area (Å²) in [5, 5.41) is 10.7. The van der Waals surface area contributed by atoms with Crippen LogP contribution in [0.15, 0.2) is 17.1 Å². The van der Waals surface area contributed by atoms with Crippen LogP contribution in [-0.4, -0.2) is 23.0 Å². The van der Waals surface area contributed by atoms with Gasteiger partial charge in [0.25, 0.3) is 0 Å². The van der Waals surface area contributed by atoms with E-state index in [-0.39, 0.29) is 12.0 Å². The van der Waals surface area contributed by atoms with E-state index in [0.29, 0.717) is 5.56 Å². The molecular weight excluding hydrogens is 240 g/mol. The molecule has 0 fully saturated rings. The summed E-state index contributed by atoms with van der Waals surface area (Å²) in [6, 6.07) is 0. The molecule has 1 heterocycles. The molecule has 0 amide bonds. The molecule has 18 heavy (non-hydrogen) atoms. The number of aromatic amines is 1. The molecule has 7 heteroatoms. The van der Waals surface area contributed by atoms with Gasteiger partial charge in [-0.15, -0.1) is 0 Å². The minimum Gasteiger partial charge on any atom is -0.469 e. The Morgan fingerprint density at radius 2 is 2.28 bits per heavy atom. The lowest BCUT2D eigenvalue weighted by Gasteiger charge is -2.00. The molecule has 96 valence electrons. The Kier molecular flexibility index (Phi) is 4.36. The van der Waals surface area contributed by atoms with Gasteiger partial charge in [0.05, 0.1) is 18.5 Å². The van der Waals surface area contributed by atoms with Gasteiger partial charge in [-0.3, -0.25) is 19.7 Å². The van der Waals surface area contributed by atoms with Crippen LogP contribution in [-0.2, 0) is 9.53 Å². The summed E-state index contributed by atoms with van der Waals surface area (Å²) in [5.74, 6) is -0.414. The van der Waals surface area contributed by atoms with Gasteiger partial charge >= 0.3 is 17.2 Å². The molecule has 0 aromatic carbocycles. The predicted octanol–water partition coefficient (Wildman–Crippen LogP) is 1.17. The first-order valence-electron chi connectivity index (χ1n) is 5.07. The second-order valence-electron chi connectivity index (χ2n) is 3.49. The molecular formula is C11H12N2O5. The Morgan fingerprint density at radius 3 is 2.83 bits per heavy atom. The van der Waals surface area contributed by atoms with Crippen LogP contribution >= 0.6 is 0 Å². The number of carbonyl (C=O) groups is 1. The van der Waals surface area contributed by atoms with Gasteiger partial charge in [-0.05, 0) is 6.92 Å². The second-order valence-corrected chi connectivity index (χ2v) is 3.49. The summed E-state index contributed by atoms with van der Waals surface area (Å²) in [6.07, 6.45) is 4.45. The van der Waals surface area contributed by atoms with Crippen LogP contribution < -0.4 is 5.56 Å². The van der Waals surface area contributed by atoms with Gasteiger partial charge in [-0.2, -0.15) is 0 Å². The molecule has 7 nitrogen and oxygen atoms in total. The SMILES string of the molecule is COC(=O)CC=Cc1c[nH]c(=O)c([N+](=O)[O-])c1C. The van der Waals surface area contributed by atoms with E-state index in [4.69, 9.17) is 0 Å².